The molecule has 1 aliphatic carbocycles. The van der Waals surface area contributed by atoms with Gasteiger partial charge < -0.3 is 15.1 Å². The third-order valence-corrected chi connectivity index (χ3v) is 7.44. The average Bonchev–Trinajstić information content (AvgIpc) is 2.59. The Morgan fingerprint density at radius 1 is 1.27 bits per heavy atom. The molecule has 0 aromatic heterocycles. The van der Waals surface area contributed by atoms with Crippen molar-refractivity contribution in [1.82, 2.24) is 4.67 Å². The Bertz CT molecular complexity index is 657. The van der Waals surface area contributed by atoms with Crippen molar-refractivity contribution < 1.29 is 24.5 Å². The first kappa shape index (κ1) is 21.1. The summed E-state index contributed by atoms with van der Waals surface area (Å²) in [6.45, 7) is 3.44. The number of carbonyl (C=O) groups is 1. The number of aliphatic hydroxyl groups is 1. The van der Waals surface area contributed by atoms with Crippen LogP contribution in [0, 0.1) is 5.92 Å². The molecule has 146 valence electrons. The predicted molar refractivity (Wildman–Crippen MR) is 101 cm³/mol. The molecule has 1 fully saturated rings. The van der Waals surface area contributed by atoms with E-state index in [1.807, 2.05) is 0 Å². The highest BCUT2D eigenvalue weighted by Gasteiger charge is 2.36. The van der Waals surface area contributed by atoms with Crippen LogP contribution in [0.5, 0.6) is 0 Å². The van der Waals surface area contributed by atoms with Crippen LogP contribution in [-0.4, -0.2) is 44.6 Å². The van der Waals surface area contributed by atoms with E-state index < -0.39 is 25.6 Å². The summed E-state index contributed by atoms with van der Waals surface area (Å²) in [7, 11) is -3.66. The maximum Gasteiger partial charge on any atom is 0.335 e. The van der Waals surface area contributed by atoms with Crippen LogP contribution >= 0.6 is 7.52 Å². The van der Waals surface area contributed by atoms with E-state index in [9.17, 15) is 24.5 Å². The van der Waals surface area contributed by atoms with Crippen molar-refractivity contribution >= 4 is 13.5 Å². The summed E-state index contributed by atoms with van der Waals surface area (Å²) >= 11 is 0. The summed E-state index contributed by atoms with van der Waals surface area (Å²) in [5, 5.41) is 19.1. The highest BCUT2D eigenvalue weighted by Crippen LogP contribution is 2.53. The molecule has 1 unspecified atom stereocenters. The fourth-order valence-electron chi connectivity index (χ4n) is 3.74. The van der Waals surface area contributed by atoms with E-state index in [1.165, 1.54) is 23.2 Å². The Morgan fingerprint density at radius 3 is 2.50 bits per heavy atom. The van der Waals surface area contributed by atoms with Crippen LogP contribution in [0.25, 0.3) is 0 Å². The Kier molecular flexibility index (Phi) is 7.42. The van der Waals surface area contributed by atoms with Crippen molar-refractivity contribution in [1.29, 1.82) is 0 Å². The molecule has 0 radical (unpaired) electrons. The maximum absolute atomic E-state index is 13.2. The van der Waals surface area contributed by atoms with E-state index >= 15 is 0 Å². The molecule has 26 heavy (non-hydrogen) atoms. The zero-order valence-corrected chi connectivity index (χ0v) is 16.4. The zero-order chi connectivity index (χ0) is 19.3. The Morgan fingerprint density at radius 2 is 1.92 bits per heavy atom. The SMILES string of the molecule is C[C@H](O)CN([C@H](C)c1cccc(C(=O)O)c1)P(=O)(O)CC1CCCCC1. The number of benzene rings is 1. The number of hydrogen-bond donors (Lipinski definition) is 3. The highest BCUT2D eigenvalue weighted by molar-refractivity contribution is 7.55. The van der Waals surface area contributed by atoms with Crippen molar-refractivity contribution in [3.8, 4) is 0 Å². The number of rotatable bonds is 8. The van der Waals surface area contributed by atoms with Crippen LogP contribution in [0.2, 0.25) is 0 Å². The molecule has 0 bridgehead atoms. The summed E-state index contributed by atoms with van der Waals surface area (Å²) in [6, 6.07) is 5.95. The van der Waals surface area contributed by atoms with Crippen LogP contribution in [0.15, 0.2) is 24.3 Å². The van der Waals surface area contributed by atoms with Crippen molar-refractivity contribution in [2.24, 2.45) is 5.92 Å². The normalized spacial score (nSPS) is 20.5. The zero-order valence-electron chi connectivity index (χ0n) is 15.5. The lowest BCUT2D eigenvalue weighted by Gasteiger charge is -2.36. The number of nitrogens with zero attached hydrogens (tertiary/aromatic N) is 1. The van der Waals surface area contributed by atoms with E-state index in [-0.39, 0.29) is 24.2 Å². The summed E-state index contributed by atoms with van der Waals surface area (Å²) < 4.78 is 14.7. The third-order valence-electron chi connectivity index (χ3n) is 5.14. The largest absolute Gasteiger partial charge is 0.478 e. The smallest absolute Gasteiger partial charge is 0.335 e. The monoisotopic (exact) mass is 383 g/mol. The van der Waals surface area contributed by atoms with E-state index in [0.29, 0.717) is 5.56 Å². The lowest BCUT2D eigenvalue weighted by atomic mass is 9.91. The van der Waals surface area contributed by atoms with Gasteiger partial charge in [-0.2, -0.15) is 0 Å². The van der Waals surface area contributed by atoms with Gasteiger partial charge in [-0.05, 0) is 50.3 Å². The van der Waals surface area contributed by atoms with Gasteiger partial charge in [0.2, 0.25) is 0 Å². The predicted octanol–water partition coefficient (Wildman–Crippen LogP) is 3.89. The second kappa shape index (κ2) is 9.14. The summed E-state index contributed by atoms with van der Waals surface area (Å²) in [6.07, 6.45) is 4.78. The first-order chi connectivity index (χ1) is 12.2. The Labute approximate surface area is 155 Å². The Hall–Kier alpha value is -1.20. The molecule has 2 rings (SSSR count). The summed E-state index contributed by atoms with van der Waals surface area (Å²) in [5.74, 6) is -0.802. The number of aliphatic hydroxyl groups excluding tert-OH is 1. The van der Waals surface area contributed by atoms with Crippen LogP contribution in [0.3, 0.4) is 0 Å². The van der Waals surface area contributed by atoms with Gasteiger partial charge in [0.15, 0.2) is 0 Å². The van der Waals surface area contributed by atoms with E-state index in [0.717, 1.165) is 25.7 Å². The minimum absolute atomic E-state index is 0.0684. The molecule has 6 nitrogen and oxygen atoms in total. The van der Waals surface area contributed by atoms with Crippen LogP contribution < -0.4 is 0 Å². The molecule has 0 amide bonds. The summed E-state index contributed by atoms with van der Waals surface area (Å²) in [4.78, 5) is 22.1. The van der Waals surface area contributed by atoms with Crippen molar-refractivity contribution in [3.63, 3.8) is 0 Å². The average molecular weight is 383 g/mol. The van der Waals surface area contributed by atoms with Crippen molar-refractivity contribution in [3.05, 3.63) is 35.4 Å². The molecule has 3 atom stereocenters. The molecule has 3 N–H and O–H groups in total. The fourth-order valence-corrected chi connectivity index (χ4v) is 6.16. The van der Waals surface area contributed by atoms with Gasteiger partial charge in [-0.25, -0.2) is 9.46 Å². The molecular formula is C19H30NO5P. The molecule has 7 heteroatoms. The van der Waals surface area contributed by atoms with Crippen LogP contribution in [0.4, 0.5) is 0 Å². The first-order valence-electron chi connectivity index (χ1n) is 9.31. The van der Waals surface area contributed by atoms with Gasteiger partial charge in [0.1, 0.15) is 0 Å². The van der Waals surface area contributed by atoms with Gasteiger partial charge >= 0.3 is 5.97 Å². The molecular weight excluding hydrogens is 353 g/mol. The molecule has 1 aromatic rings. The minimum Gasteiger partial charge on any atom is -0.478 e. The summed E-state index contributed by atoms with van der Waals surface area (Å²) in [5.41, 5.74) is 0.801. The maximum atomic E-state index is 13.2. The van der Waals surface area contributed by atoms with Gasteiger partial charge in [-0.1, -0.05) is 31.4 Å². The second-order valence-electron chi connectivity index (χ2n) is 7.43. The van der Waals surface area contributed by atoms with E-state index in [4.69, 9.17) is 0 Å². The van der Waals surface area contributed by atoms with Gasteiger partial charge in [0.05, 0.1) is 11.7 Å². The van der Waals surface area contributed by atoms with Gasteiger partial charge in [0.25, 0.3) is 7.52 Å². The van der Waals surface area contributed by atoms with Crippen molar-refractivity contribution in [2.75, 3.05) is 12.7 Å². The number of aromatic carboxylic acids is 1. The highest BCUT2D eigenvalue weighted by atomic mass is 31.2. The molecule has 0 aliphatic heterocycles. The molecule has 1 aliphatic rings. The molecule has 1 saturated carbocycles. The van der Waals surface area contributed by atoms with Crippen LogP contribution in [-0.2, 0) is 4.57 Å². The topological polar surface area (TPSA) is 98.1 Å². The lowest BCUT2D eigenvalue weighted by molar-refractivity contribution is 0.0696. The van der Waals surface area contributed by atoms with Gasteiger partial charge in [-0.3, -0.25) is 4.57 Å². The van der Waals surface area contributed by atoms with Crippen LogP contribution in [0.1, 0.15) is 67.9 Å². The van der Waals surface area contributed by atoms with Gasteiger partial charge in [-0.15, -0.1) is 0 Å². The third kappa shape index (κ3) is 5.65. The molecule has 0 spiro atoms. The van der Waals surface area contributed by atoms with Gasteiger partial charge in [0, 0.05) is 18.7 Å². The van der Waals surface area contributed by atoms with E-state index in [2.05, 4.69) is 0 Å². The number of hydrogen-bond acceptors (Lipinski definition) is 3. The standard InChI is InChI=1S/C19H30NO5P/c1-14(21)12-20(26(24,25)13-16-7-4-3-5-8-16)15(2)17-9-6-10-18(11-17)19(22)23/h6,9-11,14-16,21H,3-5,7-8,12-13H2,1-2H3,(H,22,23)(H,24,25)/t14-,15+/m0/s1. The number of carboxylic acids is 1. The fraction of sp³-hybridized carbons (Fsp3) is 0.632. The lowest BCUT2D eigenvalue weighted by Crippen LogP contribution is -2.33. The number of carboxylic acid groups (broad SMARTS) is 1. The quantitative estimate of drug-likeness (QED) is 0.589. The second-order valence-corrected chi connectivity index (χ2v) is 9.64. The first-order valence-corrected chi connectivity index (χ1v) is 11.1. The molecule has 1 aromatic carbocycles. The molecule has 0 heterocycles. The molecule has 0 saturated heterocycles. The Balaban J connectivity index is 2.25. The minimum atomic E-state index is -3.66. The van der Waals surface area contributed by atoms with E-state index in [1.54, 1.807) is 26.0 Å². The van der Waals surface area contributed by atoms with Crippen molar-refractivity contribution in [2.45, 2.75) is 58.1 Å².